The number of hydrogen-bond acceptors (Lipinski definition) is 3. The predicted octanol–water partition coefficient (Wildman–Crippen LogP) is 2.09. The maximum atomic E-state index is 11.0. The van der Waals surface area contributed by atoms with Gasteiger partial charge < -0.3 is 14.6 Å². The molecular formula is C10H9BrO4. The standard InChI is InChI=1S/C10H9BrO4/c1-14-9-6(10(12)13)4-7-5(8(9)11)2-3-15-7/h4H,2-3H2,1H3,(H,12,13). The lowest BCUT2D eigenvalue weighted by molar-refractivity contribution is 0.0692. The van der Waals surface area contributed by atoms with Crippen molar-refractivity contribution in [1.29, 1.82) is 0 Å². The third-order valence-corrected chi connectivity index (χ3v) is 3.16. The van der Waals surface area contributed by atoms with Crippen molar-refractivity contribution in [1.82, 2.24) is 0 Å². The molecule has 0 radical (unpaired) electrons. The molecule has 1 aromatic carbocycles. The van der Waals surface area contributed by atoms with E-state index in [0.29, 0.717) is 22.6 Å². The molecule has 5 heteroatoms. The number of hydrogen-bond donors (Lipinski definition) is 1. The Bertz CT molecular complexity index is 428. The molecule has 2 rings (SSSR count). The van der Waals surface area contributed by atoms with Crippen LogP contribution in [0.2, 0.25) is 0 Å². The Hall–Kier alpha value is -1.23. The number of ether oxygens (including phenoxy) is 2. The normalized spacial score (nSPS) is 13.2. The summed E-state index contributed by atoms with van der Waals surface area (Å²) < 4.78 is 11.1. The van der Waals surface area contributed by atoms with Crippen LogP contribution in [0.5, 0.6) is 11.5 Å². The van der Waals surface area contributed by atoms with Gasteiger partial charge >= 0.3 is 5.97 Å². The summed E-state index contributed by atoms with van der Waals surface area (Å²) in [6.45, 7) is 0.583. The first-order chi connectivity index (χ1) is 7.15. The molecule has 0 unspecified atom stereocenters. The molecule has 0 spiro atoms. The van der Waals surface area contributed by atoms with Crippen LogP contribution in [0.3, 0.4) is 0 Å². The Morgan fingerprint density at radius 1 is 1.67 bits per heavy atom. The van der Waals surface area contributed by atoms with E-state index in [1.807, 2.05) is 0 Å². The van der Waals surface area contributed by atoms with E-state index in [2.05, 4.69) is 15.9 Å². The molecule has 0 aromatic heterocycles. The van der Waals surface area contributed by atoms with Crippen molar-refractivity contribution >= 4 is 21.9 Å². The summed E-state index contributed by atoms with van der Waals surface area (Å²) in [4.78, 5) is 11.0. The number of benzene rings is 1. The van der Waals surface area contributed by atoms with Crippen molar-refractivity contribution in [2.45, 2.75) is 6.42 Å². The highest BCUT2D eigenvalue weighted by Gasteiger charge is 2.24. The maximum absolute atomic E-state index is 11.0. The quantitative estimate of drug-likeness (QED) is 0.896. The van der Waals surface area contributed by atoms with Gasteiger partial charge in [0.15, 0.2) is 0 Å². The second-order valence-corrected chi connectivity index (χ2v) is 3.94. The molecule has 0 saturated carbocycles. The van der Waals surface area contributed by atoms with E-state index < -0.39 is 5.97 Å². The van der Waals surface area contributed by atoms with E-state index in [9.17, 15) is 4.79 Å². The van der Waals surface area contributed by atoms with E-state index in [-0.39, 0.29) is 5.56 Å². The Kier molecular flexibility index (Phi) is 2.56. The van der Waals surface area contributed by atoms with Gasteiger partial charge in [-0.1, -0.05) is 0 Å². The van der Waals surface area contributed by atoms with Crippen molar-refractivity contribution in [3.05, 3.63) is 21.7 Å². The highest BCUT2D eigenvalue weighted by molar-refractivity contribution is 9.10. The minimum absolute atomic E-state index is 0.116. The molecule has 0 aliphatic carbocycles. The van der Waals surface area contributed by atoms with Gasteiger partial charge in [0.1, 0.15) is 17.1 Å². The Labute approximate surface area is 94.9 Å². The van der Waals surface area contributed by atoms with E-state index in [1.54, 1.807) is 0 Å². The fraction of sp³-hybridized carbons (Fsp3) is 0.300. The summed E-state index contributed by atoms with van der Waals surface area (Å²) in [6.07, 6.45) is 0.770. The van der Waals surface area contributed by atoms with Gasteiger partial charge in [0.05, 0.1) is 18.2 Å². The van der Waals surface area contributed by atoms with Crippen LogP contribution in [0, 0.1) is 0 Å². The van der Waals surface area contributed by atoms with Gasteiger partial charge in [-0.25, -0.2) is 4.79 Å². The van der Waals surface area contributed by atoms with Crippen molar-refractivity contribution in [2.24, 2.45) is 0 Å². The van der Waals surface area contributed by atoms with Crippen molar-refractivity contribution in [3.8, 4) is 11.5 Å². The molecule has 0 saturated heterocycles. The first kappa shape index (κ1) is 10.3. The van der Waals surface area contributed by atoms with Crippen LogP contribution in [-0.4, -0.2) is 24.8 Å². The lowest BCUT2D eigenvalue weighted by Crippen LogP contribution is -2.02. The summed E-state index contributed by atoms with van der Waals surface area (Å²) in [5, 5.41) is 9.00. The number of halogens is 1. The smallest absolute Gasteiger partial charge is 0.339 e. The van der Waals surface area contributed by atoms with Crippen LogP contribution in [0.1, 0.15) is 15.9 Å². The number of aromatic carboxylic acids is 1. The SMILES string of the molecule is COc1c(C(=O)O)cc2c(c1Br)CCO2. The third-order valence-electron chi connectivity index (χ3n) is 2.33. The molecule has 1 aliphatic heterocycles. The Morgan fingerprint density at radius 3 is 3.00 bits per heavy atom. The predicted molar refractivity (Wildman–Crippen MR) is 56.9 cm³/mol. The Morgan fingerprint density at radius 2 is 2.40 bits per heavy atom. The average molecular weight is 273 g/mol. The van der Waals surface area contributed by atoms with E-state index >= 15 is 0 Å². The van der Waals surface area contributed by atoms with Crippen LogP contribution in [0.25, 0.3) is 0 Å². The summed E-state index contributed by atoms with van der Waals surface area (Å²) in [5.41, 5.74) is 1.09. The van der Waals surface area contributed by atoms with Crippen molar-refractivity contribution < 1.29 is 19.4 Å². The number of carboxylic acid groups (broad SMARTS) is 1. The topological polar surface area (TPSA) is 55.8 Å². The maximum Gasteiger partial charge on any atom is 0.339 e. The summed E-state index contributed by atoms with van der Waals surface area (Å²) in [6, 6.07) is 1.51. The second kappa shape index (κ2) is 3.73. The minimum atomic E-state index is -1.02. The largest absolute Gasteiger partial charge is 0.495 e. The molecule has 0 bridgehead atoms. The number of rotatable bonds is 2. The first-order valence-electron chi connectivity index (χ1n) is 4.40. The zero-order valence-corrected chi connectivity index (χ0v) is 9.63. The van der Waals surface area contributed by atoms with Gasteiger partial charge in [0.25, 0.3) is 0 Å². The van der Waals surface area contributed by atoms with Crippen LogP contribution in [0.4, 0.5) is 0 Å². The fourth-order valence-corrected chi connectivity index (χ4v) is 2.40. The zero-order chi connectivity index (χ0) is 11.0. The number of carboxylic acids is 1. The molecule has 1 aliphatic rings. The molecule has 1 heterocycles. The van der Waals surface area contributed by atoms with E-state index in [0.717, 1.165) is 12.0 Å². The third kappa shape index (κ3) is 1.56. The zero-order valence-electron chi connectivity index (χ0n) is 8.04. The summed E-state index contributed by atoms with van der Waals surface area (Å²) in [7, 11) is 1.45. The molecule has 80 valence electrons. The van der Waals surface area contributed by atoms with Crippen LogP contribution in [0.15, 0.2) is 10.5 Å². The van der Waals surface area contributed by atoms with Crippen LogP contribution >= 0.6 is 15.9 Å². The molecule has 0 fully saturated rings. The summed E-state index contributed by atoms with van der Waals surface area (Å²) >= 11 is 3.34. The van der Waals surface area contributed by atoms with Gasteiger partial charge in [0, 0.05) is 12.0 Å². The second-order valence-electron chi connectivity index (χ2n) is 3.15. The number of methoxy groups -OCH3 is 1. The molecule has 1 N–H and O–H groups in total. The van der Waals surface area contributed by atoms with Crippen molar-refractivity contribution in [2.75, 3.05) is 13.7 Å². The molecule has 1 aromatic rings. The summed E-state index contributed by atoms with van der Waals surface area (Å²) in [5.74, 6) is -0.0438. The molecule has 0 atom stereocenters. The average Bonchev–Trinajstić information content (AvgIpc) is 2.65. The van der Waals surface area contributed by atoms with E-state index in [4.69, 9.17) is 14.6 Å². The lowest BCUT2D eigenvalue weighted by atomic mass is 10.1. The molecular weight excluding hydrogens is 264 g/mol. The van der Waals surface area contributed by atoms with Gasteiger partial charge in [-0.15, -0.1) is 0 Å². The lowest BCUT2D eigenvalue weighted by Gasteiger charge is -2.10. The molecule has 4 nitrogen and oxygen atoms in total. The van der Waals surface area contributed by atoms with Crippen LogP contribution in [-0.2, 0) is 6.42 Å². The fourth-order valence-electron chi connectivity index (χ4n) is 1.63. The number of fused-ring (bicyclic) bond motifs is 1. The van der Waals surface area contributed by atoms with E-state index in [1.165, 1.54) is 13.2 Å². The first-order valence-corrected chi connectivity index (χ1v) is 5.20. The van der Waals surface area contributed by atoms with Gasteiger partial charge in [0.2, 0.25) is 0 Å². The monoisotopic (exact) mass is 272 g/mol. The number of carbonyl (C=O) groups is 1. The van der Waals surface area contributed by atoms with Gasteiger partial charge in [-0.3, -0.25) is 0 Å². The Balaban J connectivity index is 2.66. The minimum Gasteiger partial charge on any atom is -0.495 e. The molecule has 0 amide bonds. The van der Waals surface area contributed by atoms with Gasteiger partial charge in [-0.2, -0.15) is 0 Å². The molecule has 15 heavy (non-hydrogen) atoms. The highest BCUT2D eigenvalue weighted by Crippen LogP contribution is 2.41. The van der Waals surface area contributed by atoms with Gasteiger partial charge in [-0.05, 0) is 22.0 Å². The van der Waals surface area contributed by atoms with Crippen LogP contribution < -0.4 is 9.47 Å². The van der Waals surface area contributed by atoms with Crippen molar-refractivity contribution in [3.63, 3.8) is 0 Å². The highest BCUT2D eigenvalue weighted by atomic mass is 79.9.